The lowest BCUT2D eigenvalue weighted by molar-refractivity contribution is 0.217. The van der Waals surface area contributed by atoms with E-state index in [1.807, 2.05) is 6.07 Å². The van der Waals surface area contributed by atoms with Crippen molar-refractivity contribution in [3.63, 3.8) is 0 Å². The highest BCUT2D eigenvalue weighted by Crippen LogP contribution is 2.17. The van der Waals surface area contributed by atoms with Gasteiger partial charge in [0.15, 0.2) is 0 Å². The van der Waals surface area contributed by atoms with Crippen LogP contribution < -0.4 is 4.31 Å². The number of sulfonamides is 1. The molecule has 0 saturated heterocycles. The molecule has 0 fully saturated rings. The molecule has 1 aromatic carbocycles. The van der Waals surface area contributed by atoms with Gasteiger partial charge in [0.05, 0.1) is 24.6 Å². The van der Waals surface area contributed by atoms with Gasteiger partial charge in [-0.2, -0.15) is 0 Å². The molecule has 1 aromatic rings. The van der Waals surface area contributed by atoms with Crippen LogP contribution in [-0.4, -0.2) is 34.4 Å². The van der Waals surface area contributed by atoms with Crippen molar-refractivity contribution in [2.45, 2.75) is 0 Å². The van der Waals surface area contributed by atoms with Crippen LogP contribution in [0, 0.1) is 0 Å². The largest absolute Gasteiger partial charge is 0.384 e. The maximum Gasteiger partial charge on any atom is 0.237 e. The van der Waals surface area contributed by atoms with E-state index in [9.17, 15) is 8.42 Å². The summed E-state index contributed by atoms with van der Waals surface area (Å²) < 4.78 is 30.3. The summed E-state index contributed by atoms with van der Waals surface area (Å²) in [6, 6.07) is 8.97. The summed E-state index contributed by atoms with van der Waals surface area (Å²) in [5, 5.41) is 0. The highest BCUT2D eigenvalue weighted by molar-refractivity contribution is 7.92. The summed E-state index contributed by atoms with van der Waals surface area (Å²) in [4.78, 5) is 0. The maximum absolute atomic E-state index is 12.1. The second-order valence-corrected chi connectivity index (χ2v) is 5.48. The Kier molecular flexibility index (Phi) is 5.18. The van der Waals surface area contributed by atoms with E-state index in [1.54, 1.807) is 30.3 Å². The van der Waals surface area contributed by atoms with Crippen LogP contribution in [0.3, 0.4) is 0 Å². The van der Waals surface area contributed by atoms with Crippen LogP contribution in [0.15, 0.2) is 43.0 Å². The summed E-state index contributed by atoms with van der Waals surface area (Å²) in [5.41, 5.74) is 0.642. The lowest BCUT2D eigenvalue weighted by Gasteiger charge is -2.22. The van der Waals surface area contributed by atoms with E-state index in [2.05, 4.69) is 6.58 Å². The summed E-state index contributed by atoms with van der Waals surface area (Å²) in [5.74, 6) is -0.0355. The van der Waals surface area contributed by atoms with Crippen LogP contribution in [0.1, 0.15) is 0 Å². The first-order valence-corrected chi connectivity index (χ1v) is 6.88. The Hall–Kier alpha value is -1.33. The molecular weight excluding hydrogens is 238 g/mol. The van der Waals surface area contributed by atoms with E-state index in [-0.39, 0.29) is 18.9 Å². The zero-order valence-electron chi connectivity index (χ0n) is 9.87. The summed E-state index contributed by atoms with van der Waals surface area (Å²) in [6.07, 6.45) is 1.57. The van der Waals surface area contributed by atoms with Gasteiger partial charge in [-0.25, -0.2) is 8.42 Å². The molecule has 5 heteroatoms. The molecule has 94 valence electrons. The zero-order chi connectivity index (χ0) is 12.7. The fourth-order valence-corrected chi connectivity index (χ4v) is 2.76. The van der Waals surface area contributed by atoms with Gasteiger partial charge in [0.2, 0.25) is 10.0 Å². The molecule has 0 aliphatic carbocycles. The summed E-state index contributed by atoms with van der Waals surface area (Å²) in [7, 11) is -1.88. The molecule has 0 atom stereocenters. The van der Waals surface area contributed by atoms with Crippen molar-refractivity contribution < 1.29 is 13.2 Å². The molecule has 0 aliphatic heterocycles. The molecule has 1 rings (SSSR count). The van der Waals surface area contributed by atoms with E-state index in [0.717, 1.165) is 0 Å². The second-order valence-electron chi connectivity index (χ2n) is 3.46. The number of methoxy groups -OCH3 is 1. The quantitative estimate of drug-likeness (QED) is 0.696. The number of rotatable bonds is 7. The van der Waals surface area contributed by atoms with Crippen LogP contribution >= 0.6 is 0 Å². The van der Waals surface area contributed by atoms with Crippen molar-refractivity contribution in [3.05, 3.63) is 43.0 Å². The molecule has 0 saturated carbocycles. The molecular formula is C12H17NO3S. The van der Waals surface area contributed by atoms with Crippen molar-refractivity contribution in [3.8, 4) is 0 Å². The Balaban J connectivity index is 2.97. The smallest absolute Gasteiger partial charge is 0.237 e. The Morgan fingerprint density at radius 1 is 1.35 bits per heavy atom. The number of anilines is 1. The van der Waals surface area contributed by atoms with Gasteiger partial charge in [0.1, 0.15) is 0 Å². The number of benzene rings is 1. The van der Waals surface area contributed by atoms with E-state index in [4.69, 9.17) is 4.74 Å². The first-order valence-electron chi connectivity index (χ1n) is 5.27. The molecule has 0 bridgehead atoms. The van der Waals surface area contributed by atoms with Crippen LogP contribution in [0.4, 0.5) is 5.69 Å². The SMILES string of the molecule is C=CCN(c1ccccc1)S(=O)(=O)CCOC. The molecule has 4 nitrogen and oxygen atoms in total. The third-order valence-electron chi connectivity index (χ3n) is 2.22. The van der Waals surface area contributed by atoms with E-state index in [0.29, 0.717) is 5.69 Å². The second kappa shape index (κ2) is 6.42. The minimum absolute atomic E-state index is 0.0355. The predicted molar refractivity (Wildman–Crippen MR) is 69.6 cm³/mol. The summed E-state index contributed by atoms with van der Waals surface area (Å²) in [6.45, 7) is 4.03. The van der Waals surface area contributed by atoms with Gasteiger partial charge in [0.25, 0.3) is 0 Å². The van der Waals surface area contributed by atoms with Crippen LogP contribution in [0.2, 0.25) is 0 Å². The maximum atomic E-state index is 12.1. The standard InChI is InChI=1S/C12H17NO3S/c1-3-9-13(12-7-5-4-6-8-12)17(14,15)11-10-16-2/h3-8H,1,9-11H2,2H3. The van der Waals surface area contributed by atoms with E-state index in [1.165, 1.54) is 11.4 Å². The number of ether oxygens (including phenoxy) is 1. The third kappa shape index (κ3) is 3.87. The molecule has 0 amide bonds. The predicted octanol–water partition coefficient (Wildman–Crippen LogP) is 1.66. The molecule has 0 heterocycles. The number of hydrogen-bond donors (Lipinski definition) is 0. The fourth-order valence-electron chi connectivity index (χ4n) is 1.39. The minimum atomic E-state index is -3.36. The Labute approximate surface area is 103 Å². The molecule has 0 spiro atoms. The monoisotopic (exact) mass is 255 g/mol. The number of hydrogen-bond acceptors (Lipinski definition) is 3. The van der Waals surface area contributed by atoms with Crippen molar-refractivity contribution in [1.29, 1.82) is 0 Å². The molecule has 0 unspecified atom stereocenters. The topological polar surface area (TPSA) is 46.6 Å². The lowest BCUT2D eigenvalue weighted by atomic mass is 10.3. The van der Waals surface area contributed by atoms with Gasteiger partial charge in [-0.3, -0.25) is 4.31 Å². The average Bonchev–Trinajstić information content (AvgIpc) is 2.34. The molecule has 0 radical (unpaired) electrons. The summed E-state index contributed by atoms with van der Waals surface area (Å²) >= 11 is 0. The van der Waals surface area contributed by atoms with Gasteiger partial charge >= 0.3 is 0 Å². The van der Waals surface area contributed by atoms with E-state index >= 15 is 0 Å². The van der Waals surface area contributed by atoms with Crippen LogP contribution in [0.5, 0.6) is 0 Å². The number of nitrogens with zero attached hydrogens (tertiary/aromatic N) is 1. The van der Waals surface area contributed by atoms with Crippen molar-refractivity contribution in [1.82, 2.24) is 0 Å². The van der Waals surface area contributed by atoms with Gasteiger partial charge in [-0.05, 0) is 12.1 Å². The van der Waals surface area contributed by atoms with Gasteiger partial charge in [-0.15, -0.1) is 6.58 Å². The first-order chi connectivity index (χ1) is 8.11. The van der Waals surface area contributed by atoms with Crippen molar-refractivity contribution in [2.75, 3.05) is 30.3 Å². The highest BCUT2D eigenvalue weighted by Gasteiger charge is 2.20. The van der Waals surface area contributed by atoms with Gasteiger partial charge < -0.3 is 4.74 Å². The van der Waals surface area contributed by atoms with E-state index < -0.39 is 10.0 Å². The van der Waals surface area contributed by atoms with Gasteiger partial charge in [0, 0.05) is 7.11 Å². The normalized spacial score (nSPS) is 11.1. The van der Waals surface area contributed by atoms with Crippen LogP contribution in [0.25, 0.3) is 0 Å². The molecule has 0 N–H and O–H groups in total. The van der Waals surface area contributed by atoms with Crippen molar-refractivity contribution in [2.24, 2.45) is 0 Å². The highest BCUT2D eigenvalue weighted by atomic mass is 32.2. The Morgan fingerprint density at radius 3 is 2.53 bits per heavy atom. The van der Waals surface area contributed by atoms with Crippen molar-refractivity contribution >= 4 is 15.7 Å². The Bertz CT molecular complexity index is 442. The Morgan fingerprint density at radius 2 is 2.00 bits per heavy atom. The fraction of sp³-hybridized carbons (Fsp3) is 0.333. The zero-order valence-corrected chi connectivity index (χ0v) is 10.7. The van der Waals surface area contributed by atoms with Gasteiger partial charge in [-0.1, -0.05) is 24.3 Å². The molecule has 17 heavy (non-hydrogen) atoms. The average molecular weight is 255 g/mol. The number of para-hydroxylation sites is 1. The molecule has 0 aromatic heterocycles. The third-order valence-corrected chi connectivity index (χ3v) is 3.93. The van der Waals surface area contributed by atoms with Crippen LogP contribution in [-0.2, 0) is 14.8 Å². The molecule has 0 aliphatic rings. The first kappa shape index (κ1) is 13.7. The lowest BCUT2D eigenvalue weighted by Crippen LogP contribution is -2.34. The minimum Gasteiger partial charge on any atom is -0.384 e.